The van der Waals surface area contributed by atoms with E-state index in [4.69, 9.17) is 9.47 Å². The number of carbonyl (C=O) groups is 2. The third-order valence-corrected chi connectivity index (χ3v) is 7.41. The van der Waals surface area contributed by atoms with Gasteiger partial charge in [-0.25, -0.2) is 4.79 Å². The maximum Gasteiger partial charge on any atom is 0.410 e. The highest BCUT2D eigenvalue weighted by molar-refractivity contribution is 5.69. The van der Waals surface area contributed by atoms with Gasteiger partial charge in [0, 0.05) is 19.0 Å². The molecule has 0 spiro atoms. The first-order valence-electron chi connectivity index (χ1n) is 12.7. The Kier molecular flexibility index (Phi) is 8.77. The van der Waals surface area contributed by atoms with Gasteiger partial charge in [-0.15, -0.1) is 0 Å². The Morgan fingerprint density at radius 3 is 1.97 bits per heavy atom. The van der Waals surface area contributed by atoms with Crippen molar-refractivity contribution >= 4 is 12.1 Å². The van der Waals surface area contributed by atoms with Crippen molar-refractivity contribution in [2.75, 3.05) is 7.11 Å². The number of carbonyl (C=O) groups excluding carboxylic acids is 2. The molecule has 1 saturated carbocycles. The van der Waals surface area contributed by atoms with Gasteiger partial charge >= 0.3 is 12.1 Å². The molecular weight excluding hydrogens is 450 g/mol. The molecule has 1 amide bonds. The summed E-state index contributed by atoms with van der Waals surface area (Å²) in [6.45, 7) is 0.768. The van der Waals surface area contributed by atoms with E-state index in [9.17, 15) is 9.59 Å². The summed E-state index contributed by atoms with van der Waals surface area (Å²) in [6.07, 6.45) is 4.35. The Morgan fingerprint density at radius 1 is 0.833 bits per heavy atom. The van der Waals surface area contributed by atoms with E-state index in [1.165, 1.54) is 12.7 Å². The molecule has 0 radical (unpaired) electrons. The Balaban J connectivity index is 1.50. The van der Waals surface area contributed by atoms with Gasteiger partial charge in [0.1, 0.15) is 6.61 Å². The minimum Gasteiger partial charge on any atom is -0.469 e. The second kappa shape index (κ2) is 12.4. The van der Waals surface area contributed by atoms with Crippen LogP contribution < -0.4 is 0 Å². The van der Waals surface area contributed by atoms with E-state index < -0.39 is 0 Å². The number of rotatable bonds is 9. The fraction of sp³-hybridized carbons (Fsp3) is 0.355. The van der Waals surface area contributed by atoms with Crippen molar-refractivity contribution in [1.29, 1.82) is 0 Å². The van der Waals surface area contributed by atoms with E-state index in [-0.39, 0.29) is 30.1 Å². The molecular formula is C31H35NO4. The van der Waals surface area contributed by atoms with E-state index in [1.54, 1.807) is 0 Å². The molecule has 36 heavy (non-hydrogen) atoms. The monoisotopic (exact) mass is 485 g/mol. The summed E-state index contributed by atoms with van der Waals surface area (Å²) in [6, 6.07) is 30.4. The van der Waals surface area contributed by atoms with Crippen LogP contribution in [-0.2, 0) is 32.8 Å². The van der Waals surface area contributed by atoms with Crippen molar-refractivity contribution in [1.82, 2.24) is 4.90 Å². The molecule has 188 valence electrons. The lowest BCUT2D eigenvalue weighted by Gasteiger charge is -2.44. The Bertz CT molecular complexity index is 1090. The Labute approximate surface area is 214 Å². The number of esters is 1. The van der Waals surface area contributed by atoms with Crippen LogP contribution >= 0.6 is 0 Å². The molecule has 0 N–H and O–H groups in total. The molecule has 0 aromatic heterocycles. The van der Waals surface area contributed by atoms with Crippen LogP contribution in [0.15, 0.2) is 91.0 Å². The van der Waals surface area contributed by atoms with Gasteiger partial charge < -0.3 is 14.4 Å². The van der Waals surface area contributed by atoms with Gasteiger partial charge in [-0.05, 0) is 54.2 Å². The average molecular weight is 486 g/mol. The lowest BCUT2D eigenvalue weighted by molar-refractivity contribution is -0.141. The van der Waals surface area contributed by atoms with Crippen LogP contribution in [0.25, 0.3) is 0 Å². The molecule has 5 nitrogen and oxygen atoms in total. The number of hydrogen-bond donors (Lipinski definition) is 0. The van der Waals surface area contributed by atoms with E-state index in [1.807, 2.05) is 71.6 Å². The van der Waals surface area contributed by atoms with Crippen molar-refractivity contribution in [3.8, 4) is 0 Å². The van der Waals surface area contributed by atoms with Crippen LogP contribution in [0, 0.1) is 0 Å². The van der Waals surface area contributed by atoms with Crippen molar-refractivity contribution < 1.29 is 19.1 Å². The number of methoxy groups -OCH3 is 1. The van der Waals surface area contributed by atoms with Crippen molar-refractivity contribution in [2.24, 2.45) is 0 Å². The molecule has 0 atom stereocenters. The maximum absolute atomic E-state index is 13.3. The van der Waals surface area contributed by atoms with Crippen LogP contribution in [0.4, 0.5) is 4.79 Å². The molecule has 3 aromatic carbocycles. The highest BCUT2D eigenvalue weighted by atomic mass is 16.6. The minimum atomic E-state index is -0.283. The molecule has 3 aromatic rings. The molecule has 1 aliphatic carbocycles. The van der Waals surface area contributed by atoms with Crippen molar-refractivity contribution in [2.45, 2.75) is 63.1 Å². The molecule has 0 bridgehead atoms. The lowest BCUT2D eigenvalue weighted by atomic mass is 9.65. The number of ether oxygens (including phenoxy) is 2. The molecule has 0 aliphatic heterocycles. The zero-order valence-corrected chi connectivity index (χ0v) is 21.0. The van der Waals surface area contributed by atoms with E-state index in [0.717, 1.165) is 43.2 Å². The van der Waals surface area contributed by atoms with Gasteiger partial charge in [0.25, 0.3) is 0 Å². The number of benzene rings is 3. The summed E-state index contributed by atoms with van der Waals surface area (Å²) in [4.78, 5) is 27.2. The fourth-order valence-corrected chi connectivity index (χ4v) is 5.31. The summed E-state index contributed by atoms with van der Waals surface area (Å²) in [5.74, 6) is -0.178. The SMILES string of the molecule is COC(=O)CCC1(c2ccccc2)CCC(N(Cc2ccccc2)C(=O)OCc2ccccc2)CC1. The average Bonchev–Trinajstić information content (AvgIpc) is 2.95. The Morgan fingerprint density at radius 2 is 1.39 bits per heavy atom. The van der Waals surface area contributed by atoms with Crippen molar-refractivity contribution in [3.63, 3.8) is 0 Å². The topological polar surface area (TPSA) is 55.8 Å². The quantitative estimate of drug-likeness (QED) is 0.318. The third kappa shape index (κ3) is 6.54. The van der Waals surface area contributed by atoms with Gasteiger partial charge in [0.2, 0.25) is 0 Å². The first-order valence-corrected chi connectivity index (χ1v) is 12.7. The molecule has 4 rings (SSSR count). The molecule has 1 aliphatic rings. The smallest absolute Gasteiger partial charge is 0.410 e. The highest BCUT2D eigenvalue weighted by Gasteiger charge is 2.40. The van der Waals surface area contributed by atoms with Crippen LogP contribution in [0.5, 0.6) is 0 Å². The third-order valence-electron chi connectivity index (χ3n) is 7.41. The van der Waals surface area contributed by atoms with Crippen LogP contribution in [-0.4, -0.2) is 30.1 Å². The van der Waals surface area contributed by atoms with Crippen LogP contribution in [0.3, 0.4) is 0 Å². The van der Waals surface area contributed by atoms with E-state index in [0.29, 0.717) is 13.0 Å². The molecule has 1 fully saturated rings. The first-order chi connectivity index (χ1) is 17.6. The summed E-state index contributed by atoms with van der Waals surface area (Å²) < 4.78 is 10.7. The predicted octanol–water partition coefficient (Wildman–Crippen LogP) is 6.66. The van der Waals surface area contributed by atoms with Gasteiger partial charge in [-0.2, -0.15) is 0 Å². The lowest BCUT2D eigenvalue weighted by Crippen LogP contribution is -2.45. The van der Waals surface area contributed by atoms with Crippen LogP contribution in [0.1, 0.15) is 55.2 Å². The second-order valence-electron chi connectivity index (χ2n) is 9.61. The van der Waals surface area contributed by atoms with Gasteiger partial charge in [0.05, 0.1) is 7.11 Å². The van der Waals surface area contributed by atoms with Gasteiger partial charge in [-0.1, -0.05) is 91.0 Å². The second-order valence-corrected chi connectivity index (χ2v) is 9.61. The summed E-state index contributed by atoms with van der Waals surface area (Å²) in [7, 11) is 1.44. The predicted molar refractivity (Wildman–Crippen MR) is 140 cm³/mol. The molecule has 0 unspecified atom stereocenters. The van der Waals surface area contributed by atoms with E-state index in [2.05, 4.69) is 24.3 Å². The number of amides is 1. The zero-order chi connectivity index (χ0) is 25.2. The highest BCUT2D eigenvalue weighted by Crippen LogP contribution is 2.44. The summed E-state index contributed by atoms with van der Waals surface area (Å²) >= 11 is 0. The number of hydrogen-bond acceptors (Lipinski definition) is 4. The largest absolute Gasteiger partial charge is 0.469 e. The maximum atomic E-state index is 13.3. The standard InChI is InChI=1S/C31H35NO4/c1-35-29(33)19-22-31(27-15-9-4-10-16-27)20-17-28(18-21-31)32(23-25-11-5-2-6-12-25)30(34)36-24-26-13-7-3-8-14-26/h2-16,28H,17-24H2,1H3. The fourth-order valence-electron chi connectivity index (χ4n) is 5.31. The van der Waals surface area contributed by atoms with E-state index >= 15 is 0 Å². The Hall–Kier alpha value is -3.60. The van der Waals surface area contributed by atoms with Crippen LogP contribution in [0.2, 0.25) is 0 Å². The normalized spacial score (nSPS) is 19.3. The molecule has 0 heterocycles. The first kappa shape index (κ1) is 25.5. The zero-order valence-electron chi connectivity index (χ0n) is 21.0. The molecule has 0 saturated heterocycles. The minimum absolute atomic E-state index is 0.0726. The van der Waals surface area contributed by atoms with Gasteiger partial charge in [-0.3, -0.25) is 4.79 Å². The van der Waals surface area contributed by atoms with Gasteiger partial charge in [0.15, 0.2) is 0 Å². The summed E-state index contributed by atoms with van der Waals surface area (Å²) in [5.41, 5.74) is 3.21. The molecule has 5 heteroatoms. The summed E-state index contributed by atoms with van der Waals surface area (Å²) in [5, 5.41) is 0. The van der Waals surface area contributed by atoms with Crippen molar-refractivity contribution in [3.05, 3.63) is 108 Å². The number of nitrogens with zero attached hydrogens (tertiary/aromatic N) is 1.